The predicted octanol–water partition coefficient (Wildman–Crippen LogP) is 4.10. The van der Waals surface area contributed by atoms with Gasteiger partial charge < -0.3 is 5.32 Å². The molecule has 0 aliphatic rings. The summed E-state index contributed by atoms with van der Waals surface area (Å²) in [5.41, 5.74) is 3.03. The van der Waals surface area contributed by atoms with E-state index in [1.807, 2.05) is 0 Å². The number of benzene rings is 1. The van der Waals surface area contributed by atoms with Crippen LogP contribution in [0.4, 0.5) is 5.69 Å². The third kappa shape index (κ3) is 4.87. The molecule has 1 heteroatoms. The number of hydrogen-bond donors (Lipinski definition) is 1. The van der Waals surface area contributed by atoms with Gasteiger partial charge in [0, 0.05) is 12.2 Å². The molecule has 0 radical (unpaired) electrons. The molecule has 1 nitrogen and oxygen atoms in total. The van der Waals surface area contributed by atoms with Gasteiger partial charge in [0.25, 0.3) is 0 Å². The average Bonchev–Trinajstić information content (AvgIpc) is 2.14. The molecular weight excluding hydrogens is 182 g/mol. The molecule has 1 rings (SSSR count). The van der Waals surface area contributed by atoms with Gasteiger partial charge in [-0.3, -0.25) is 0 Å². The molecule has 0 aliphatic carbocycles. The molecule has 0 amide bonds. The first kappa shape index (κ1) is 12.1. The standard InChI is InChI=1S/C14H23N/c1-5-10-15-13-8-6-12(7-9-13)11-14(2,3)4/h6-9,15H,5,10-11H2,1-4H3. The first-order chi connectivity index (χ1) is 7.01. The third-order valence-corrected chi connectivity index (χ3v) is 2.27. The maximum atomic E-state index is 3.38. The van der Waals surface area contributed by atoms with Gasteiger partial charge in [-0.15, -0.1) is 0 Å². The molecule has 0 atom stereocenters. The smallest absolute Gasteiger partial charge is 0.0340 e. The minimum Gasteiger partial charge on any atom is -0.385 e. The van der Waals surface area contributed by atoms with Crippen molar-refractivity contribution in [3.05, 3.63) is 29.8 Å². The van der Waals surface area contributed by atoms with Crippen molar-refractivity contribution in [1.82, 2.24) is 0 Å². The summed E-state index contributed by atoms with van der Waals surface area (Å²) in [6.07, 6.45) is 2.31. The first-order valence-corrected chi connectivity index (χ1v) is 5.84. The Labute approximate surface area is 93.9 Å². The highest BCUT2D eigenvalue weighted by molar-refractivity contribution is 5.44. The summed E-state index contributed by atoms with van der Waals surface area (Å²) in [7, 11) is 0. The highest BCUT2D eigenvalue weighted by Gasteiger charge is 2.10. The van der Waals surface area contributed by atoms with Gasteiger partial charge in [-0.25, -0.2) is 0 Å². The SMILES string of the molecule is CCCNc1ccc(CC(C)(C)C)cc1. The zero-order valence-electron chi connectivity index (χ0n) is 10.4. The number of nitrogens with one attached hydrogen (secondary N) is 1. The fourth-order valence-electron chi connectivity index (χ4n) is 1.62. The predicted molar refractivity (Wildman–Crippen MR) is 68.4 cm³/mol. The summed E-state index contributed by atoms with van der Waals surface area (Å²) < 4.78 is 0. The molecule has 0 saturated carbocycles. The molecular formula is C14H23N. The maximum absolute atomic E-state index is 3.38. The highest BCUT2D eigenvalue weighted by Crippen LogP contribution is 2.21. The molecule has 0 fully saturated rings. The second-order valence-corrected chi connectivity index (χ2v) is 5.36. The molecule has 0 aromatic heterocycles. The van der Waals surface area contributed by atoms with Crippen molar-refractivity contribution in [3.8, 4) is 0 Å². The molecule has 15 heavy (non-hydrogen) atoms. The Kier molecular flexibility index (Phi) is 4.19. The average molecular weight is 205 g/mol. The minimum absolute atomic E-state index is 0.373. The van der Waals surface area contributed by atoms with E-state index >= 15 is 0 Å². The van der Waals surface area contributed by atoms with E-state index in [1.54, 1.807) is 0 Å². The zero-order valence-corrected chi connectivity index (χ0v) is 10.4. The molecule has 0 aliphatic heterocycles. The minimum atomic E-state index is 0.373. The topological polar surface area (TPSA) is 12.0 Å². The maximum Gasteiger partial charge on any atom is 0.0340 e. The van der Waals surface area contributed by atoms with Crippen LogP contribution in [0.25, 0.3) is 0 Å². The lowest BCUT2D eigenvalue weighted by Gasteiger charge is -2.18. The van der Waals surface area contributed by atoms with Crippen LogP contribution in [0.2, 0.25) is 0 Å². The zero-order chi connectivity index (χ0) is 11.3. The van der Waals surface area contributed by atoms with Crippen molar-refractivity contribution < 1.29 is 0 Å². The normalized spacial score (nSPS) is 11.5. The summed E-state index contributed by atoms with van der Waals surface area (Å²) in [6, 6.07) is 8.81. The highest BCUT2D eigenvalue weighted by atomic mass is 14.9. The van der Waals surface area contributed by atoms with Crippen LogP contribution >= 0.6 is 0 Å². The van der Waals surface area contributed by atoms with E-state index in [1.165, 1.54) is 17.7 Å². The van der Waals surface area contributed by atoms with Gasteiger partial charge in [0.1, 0.15) is 0 Å². The van der Waals surface area contributed by atoms with Gasteiger partial charge in [0.2, 0.25) is 0 Å². The Morgan fingerprint density at radius 3 is 2.13 bits per heavy atom. The van der Waals surface area contributed by atoms with Gasteiger partial charge in [-0.2, -0.15) is 0 Å². The van der Waals surface area contributed by atoms with Crippen molar-refractivity contribution in [1.29, 1.82) is 0 Å². The van der Waals surface area contributed by atoms with Crippen LogP contribution in [0.1, 0.15) is 39.7 Å². The van der Waals surface area contributed by atoms with Crippen LogP contribution < -0.4 is 5.32 Å². The van der Waals surface area contributed by atoms with Crippen LogP contribution in [-0.4, -0.2) is 6.54 Å². The van der Waals surface area contributed by atoms with Crippen LogP contribution in [0, 0.1) is 5.41 Å². The van der Waals surface area contributed by atoms with Crippen molar-refractivity contribution in [2.75, 3.05) is 11.9 Å². The van der Waals surface area contributed by atoms with Crippen LogP contribution in [0.15, 0.2) is 24.3 Å². The van der Waals surface area contributed by atoms with E-state index < -0.39 is 0 Å². The summed E-state index contributed by atoms with van der Waals surface area (Å²) in [4.78, 5) is 0. The second-order valence-electron chi connectivity index (χ2n) is 5.36. The Bertz CT molecular complexity index is 279. The molecule has 1 aromatic carbocycles. The van der Waals surface area contributed by atoms with E-state index in [4.69, 9.17) is 0 Å². The molecule has 0 unspecified atom stereocenters. The molecule has 84 valence electrons. The van der Waals surface area contributed by atoms with Crippen molar-refractivity contribution in [2.24, 2.45) is 5.41 Å². The van der Waals surface area contributed by atoms with Crippen molar-refractivity contribution >= 4 is 5.69 Å². The summed E-state index contributed by atoms with van der Waals surface area (Å²) in [5, 5.41) is 3.38. The Morgan fingerprint density at radius 1 is 1.07 bits per heavy atom. The lowest BCUT2D eigenvalue weighted by Crippen LogP contribution is -2.09. The van der Waals surface area contributed by atoms with Gasteiger partial charge in [-0.05, 0) is 36.0 Å². The monoisotopic (exact) mass is 205 g/mol. The third-order valence-electron chi connectivity index (χ3n) is 2.27. The largest absolute Gasteiger partial charge is 0.385 e. The first-order valence-electron chi connectivity index (χ1n) is 5.84. The van der Waals surface area contributed by atoms with E-state index in [0.29, 0.717) is 5.41 Å². The van der Waals surface area contributed by atoms with Gasteiger partial charge in [-0.1, -0.05) is 39.8 Å². The van der Waals surface area contributed by atoms with Gasteiger partial charge >= 0.3 is 0 Å². The number of rotatable bonds is 4. The quantitative estimate of drug-likeness (QED) is 0.780. The Hall–Kier alpha value is -0.980. The number of anilines is 1. The lowest BCUT2D eigenvalue weighted by molar-refractivity contribution is 0.411. The van der Waals surface area contributed by atoms with Crippen LogP contribution in [0.5, 0.6) is 0 Å². The molecule has 0 spiro atoms. The molecule has 1 N–H and O–H groups in total. The number of hydrogen-bond acceptors (Lipinski definition) is 1. The Balaban J connectivity index is 2.56. The Morgan fingerprint density at radius 2 is 1.67 bits per heavy atom. The lowest BCUT2D eigenvalue weighted by atomic mass is 9.88. The van der Waals surface area contributed by atoms with Crippen molar-refractivity contribution in [2.45, 2.75) is 40.5 Å². The van der Waals surface area contributed by atoms with Crippen LogP contribution in [-0.2, 0) is 6.42 Å². The molecule has 0 heterocycles. The fourth-order valence-corrected chi connectivity index (χ4v) is 1.62. The van der Waals surface area contributed by atoms with E-state index in [-0.39, 0.29) is 0 Å². The van der Waals surface area contributed by atoms with Crippen LogP contribution in [0.3, 0.4) is 0 Å². The second kappa shape index (κ2) is 5.20. The summed E-state index contributed by atoms with van der Waals surface area (Å²) in [6.45, 7) is 10.1. The van der Waals surface area contributed by atoms with Crippen molar-refractivity contribution in [3.63, 3.8) is 0 Å². The summed E-state index contributed by atoms with van der Waals surface area (Å²) in [5.74, 6) is 0. The molecule has 1 aromatic rings. The van der Waals surface area contributed by atoms with Gasteiger partial charge in [0.05, 0.1) is 0 Å². The summed E-state index contributed by atoms with van der Waals surface area (Å²) >= 11 is 0. The molecule has 0 bridgehead atoms. The van der Waals surface area contributed by atoms with Gasteiger partial charge in [0.15, 0.2) is 0 Å². The van der Waals surface area contributed by atoms with E-state index in [9.17, 15) is 0 Å². The van der Waals surface area contributed by atoms with E-state index in [0.717, 1.165) is 13.0 Å². The fraction of sp³-hybridized carbons (Fsp3) is 0.571. The van der Waals surface area contributed by atoms with E-state index in [2.05, 4.69) is 57.3 Å². The molecule has 0 saturated heterocycles.